The third kappa shape index (κ3) is 3.61. The van der Waals surface area contributed by atoms with E-state index in [4.69, 9.17) is 0 Å². The SMILES string of the molecule is CNC(c1cccc(C(F)(F)F)c1)C(C)c1ccccn1. The van der Waals surface area contributed by atoms with Gasteiger partial charge in [-0.25, -0.2) is 0 Å². The lowest BCUT2D eigenvalue weighted by Crippen LogP contribution is -2.23. The molecular formula is C16H17F3N2. The van der Waals surface area contributed by atoms with Gasteiger partial charge in [-0.15, -0.1) is 0 Å². The van der Waals surface area contributed by atoms with E-state index in [1.807, 2.05) is 25.1 Å². The van der Waals surface area contributed by atoms with Gasteiger partial charge in [-0.3, -0.25) is 4.98 Å². The molecule has 1 aromatic heterocycles. The largest absolute Gasteiger partial charge is 0.416 e. The summed E-state index contributed by atoms with van der Waals surface area (Å²) >= 11 is 0. The van der Waals surface area contributed by atoms with Gasteiger partial charge in [0.2, 0.25) is 0 Å². The molecule has 0 saturated heterocycles. The Morgan fingerprint density at radius 3 is 2.43 bits per heavy atom. The first-order chi connectivity index (χ1) is 9.93. The molecule has 2 rings (SSSR count). The van der Waals surface area contributed by atoms with Gasteiger partial charge in [0.25, 0.3) is 0 Å². The van der Waals surface area contributed by atoms with E-state index in [9.17, 15) is 13.2 Å². The van der Waals surface area contributed by atoms with E-state index in [-0.39, 0.29) is 12.0 Å². The number of benzene rings is 1. The van der Waals surface area contributed by atoms with Crippen LogP contribution in [-0.2, 0) is 6.18 Å². The van der Waals surface area contributed by atoms with Crippen molar-refractivity contribution in [2.45, 2.75) is 25.1 Å². The fraction of sp³-hybridized carbons (Fsp3) is 0.312. The first-order valence-corrected chi connectivity index (χ1v) is 6.69. The summed E-state index contributed by atoms with van der Waals surface area (Å²) in [7, 11) is 1.74. The Labute approximate surface area is 122 Å². The van der Waals surface area contributed by atoms with Crippen molar-refractivity contribution in [3.05, 3.63) is 65.5 Å². The van der Waals surface area contributed by atoms with Crippen LogP contribution in [0, 0.1) is 0 Å². The van der Waals surface area contributed by atoms with Crippen molar-refractivity contribution in [1.82, 2.24) is 10.3 Å². The quantitative estimate of drug-likeness (QED) is 0.915. The third-order valence-electron chi connectivity index (χ3n) is 3.54. The normalized spacial score (nSPS) is 14.7. The second-order valence-corrected chi connectivity index (χ2v) is 4.93. The van der Waals surface area contributed by atoms with Gasteiger partial charge in [0.05, 0.1) is 5.56 Å². The second kappa shape index (κ2) is 6.26. The van der Waals surface area contributed by atoms with Crippen LogP contribution < -0.4 is 5.32 Å². The molecule has 1 N–H and O–H groups in total. The highest BCUT2D eigenvalue weighted by Crippen LogP contribution is 2.34. The maximum atomic E-state index is 12.8. The number of nitrogens with one attached hydrogen (secondary N) is 1. The van der Waals surface area contributed by atoms with Gasteiger partial charge in [0.1, 0.15) is 0 Å². The summed E-state index contributed by atoms with van der Waals surface area (Å²) in [6.45, 7) is 1.95. The van der Waals surface area contributed by atoms with Crippen molar-refractivity contribution in [3.63, 3.8) is 0 Å². The molecule has 2 nitrogen and oxygen atoms in total. The predicted molar refractivity (Wildman–Crippen MR) is 75.9 cm³/mol. The van der Waals surface area contributed by atoms with Gasteiger partial charge in [0.15, 0.2) is 0 Å². The van der Waals surface area contributed by atoms with E-state index in [0.717, 1.165) is 11.8 Å². The molecule has 21 heavy (non-hydrogen) atoms. The molecule has 0 aliphatic heterocycles. The molecule has 112 valence electrons. The molecule has 0 saturated carbocycles. The predicted octanol–water partition coefficient (Wildman–Crippen LogP) is 4.16. The van der Waals surface area contributed by atoms with E-state index in [2.05, 4.69) is 10.3 Å². The van der Waals surface area contributed by atoms with Crippen LogP contribution in [0.25, 0.3) is 0 Å². The summed E-state index contributed by atoms with van der Waals surface area (Å²) in [6.07, 6.45) is -2.65. The lowest BCUT2D eigenvalue weighted by molar-refractivity contribution is -0.137. The Bertz CT molecular complexity index is 582. The monoisotopic (exact) mass is 294 g/mol. The van der Waals surface area contributed by atoms with Gasteiger partial charge in [-0.05, 0) is 36.9 Å². The van der Waals surface area contributed by atoms with Crippen LogP contribution in [0.5, 0.6) is 0 Å². The molecule has 1 aromatic carbocycles. The van der Waals surface area contributed by atoms with E-state index in [0.29, 0.717) is 5.56 Å². The molecule has 5 heteroatoms. The van der Waals surface area contributed by atoms with Crippen LogP contribution in [0.4, 0.5) is 13.2 Å². The maximum absolute atomic E-state index is 12.8. The zero-order valence-corrected chi connectivity index (χ0v) is 11.9. The molecule has 0 aliphatic rings. The average molecular weight is 294 g/mol. The minimum absolute atomic E-state index is 0.0420. The van der Waals surface area contributed by atoms with Crippen molar-refractivity contribution >= 4 is 0 Å². The molecule has 2 atom stereocenters. The summed E-state index contributed by atoms with van der Waals surface area (Å²) in [5.41, 5.74) is 0.813. The van der Waals surface area contributed by atoms with Crippen LogP contribution in [0.3, 0.4) is 0 Å². The lowest BCUT2D eigenvalue weighted by Gasteiger charge is -2.24. The summed E-state index contributed by atoms with van der Waals surface area (Å²) in [5, 5.41) is 3.09. The molecule has 0 fully saturated rings. The lowest BCUT2D eigenvalue weighted by atomic mass is 9.90. The van der Waals surface area contributed by atoms with Gasteiger partial charge < -0.3 is 5.32 Å². The number of likely N-dealkylation sites (N-methyl/N-ethyl adjacent to an activating group) is 1. The van der Waals surface area contributed by atoms with Crippen molar-refractivity contribution in [3.8, 4) is 0 Å². The Morgan fingerprint density at radius 2 is 1.86 bits per heavy atom. The van der Waals surface area contributed by atoms with Gasteiger partial charge >= 0.3 is 6.18 Å². The first-order valence-electron chi connectivity index (χ1n) is 6.69. The molecule has 0 aliphatic carbocycles. The van der Waals surface area contributed by atoms with Gasteiger partial charge in [-0.2, -0.15) is 13.2 Å². The van der Waals surface area contributed by atoms with Crippen LogP contribution in [0.1, 0.15) is 35.7 Å². The zero-order valence-electron chi connectivity index (χ0n) is 11.9. The smallest absolute Gasteiger partial charge is 0.312 e. The van der Waals surface area contributed by atoms with Crippen molar-refractivity contribution < 1.29 is 13.2 Å². The van der Waals surface area contributed by atoms with Crippen LogP contribution >= 0.6 is 0 Å². The standard InChI is InChI=1S/C16H17F3N2/c1-11(14-8-3-4-9-21-14)15(20-2)12-6-5-7-13(10-12)16(17,18)19/h3-11,15,20H,1-2H3. The number of aromatic nitrogens is 1. The number of hydrogen-bond acceptors (Lipinski definition) is 2. The summed E-state index contributed by atoms with van der Waals surface area (Å²) < 4.78 is 38.5. The van der Waals surface area contributed by atoms with Crippen molar-refractivity contribution in [1.29, 1.82) is 0 Å². The molecule has 0 radical (unpaired) electrons. The molecule has 0 bridgehead atoms. The topological polar surface area (TPSA) is 24.9 Å². The van der Waals surface area contributed by atoms with Crippen molar-refractivity contribution in [2.75, 3.05) is 7.05 Å². The van der Waals surface area contributed by atoms with Crippen LogP contribution in [0.2, 0.25) is 0 Å². The molecule has 1 heterocycles. The number of hydrogen-bond donors (Lipinski definition) is 1. The highest BCUT2D eigenvalue weighted by molar-refractivity contribution is 5.30. The fourth-order valence-corrected chi connectivity index (χ4v) is 2.43. The van der Waals surface area contributed by atoms with E-state index in [1.165, 1.54) is 12.1 Å². The molecule has 2 unspecified atom stereocenters. The van der Waals surface area contributed by atoms with E-state index >= 15 is 0 Å². The van der Waals surface area contributed by atoms with E-state index < -0.39 is 11.7 Å². The zero-order chi connectivity index (χ0) is 15.5. The summed E-state index contributed by atoms with van der Waals surface area (Å²) in [4.78, 5) is 4.28. The highest BCUT2D eigenvalue weighted by atomic mass is 19.4. The first kappa shape index (κ1) is 15.5. The average Bonchev–Trinajstić information content (AvgIpc) is 2.48. The molecule has 0 spiro atoms. The number of nitrogens with zero attached hydrogens (tertiary/aromatic N) is 1. The minimum atomic E-state index is -4.33. The van der Waals surface area contributed by atoms with Gasteiger partial charge in [-0.1, -0.05) is 25.1 Å². The van der Waals surface area contributed by atoms with Crippen LogP contribution in [0.15, 0.2) is 48.7 Å². The van der Waals surface area contributed by atoms with Gasteiger partial charge in [0, 0.05) is 23.9 Å². The third-order valence-corrected chi connectivity index (χ3v) is 3.54. The minimum Gasteiger partial charge on any atom is -0.312 e. The Kier molecular flexibility index (Phi) is 4.63. The maximum Gasteiger partial charge on any atom is 0.416 e. The summed E-state index contributed by atoms with van der Waals surface area (Å²) in [5.74, 6) is -0.0420. The number of halogens is 3. The Morgan fingerprint density at radius 1 is 1.10 bits per heavy atom. The summed E-state index contributed by atoms with van der Waals surface area (Å²) in [6, 6.07) is 10.8. The molecular weight excluding hydrogens is 277 g/mol. The van der Waals surface area contributed by atoms with Crippen LogP contribution in [-0.4, -0.2) is 12.0 Å². The number of alkyl halides is 3. The highest BCUT2D eigenvalue weighted by Gasteiger charge is 2.31. The van der Waals surface area contributed by atoms with Crippen molar-refractivity contribution in [2.24, 2.45) is 0 Å². The fourth-order valence-electron chi connectivity index (χ4n) is 2.43. The molecule has 0 amide bonds. The van der Waals surface area contributed by atoms with E-state index in [1.54, 1.807) is 19.3 Å². The number of rotatable bonds is 4. The number of pyridine rings is 1. The second-order valence-electron chi connectivity index (χ2n) is 4.93. The Balaban J connectivity index is 2.34. The Hall–Kier alpha value is -1.88. The molecule has 2 aromatic rings.